The minimum absolute atomic E-state index is 0.209. The van der Waals surface area contributed by atoms with E-state index in [1.165, 1.54) is 4.31 Å². The second kappa shape index (κ2) is 7.02. The number of hydroxylamine groups is 1. The van der Waals surface area contributed by atoms with Gasteiger partial charge in [0.1, 0.15) is 6.04 Å². The van der Waals surface area contributed by atoms with Crippen molar-refractivity contribution in [1.29, 1.82) is 0 Å². The highest BCUT2D eigenvalue weighted by Crippen LogP contribution is 2.25. The Bertz CT molecular complexity index is 574. The Labute approximate surface area is 125 Å². The summed E-state index contributed by atoms with van der Waals surface area (Å²) >= 11 is 0. The number of carbonyl (C=O) groups excluding carboxylic acids is 1. The highest BCUT2D eigenvalue weighted by molar-refractivity contribution is 7.89. The first-order valence-electron chi connectivity index (χ1n) is 7.06. The molecule has 1 amide bonds. The van der Waals surface area contributed by atoms with Gasteiger partial charge in [-0.05, 0) is 31.9 Å². The zero-order chi connectivity index (χ0) is 15.3. The van der Waals surface area contributed by atoms with Crippen LogP contribution in [-0.4, -0.2) is 37.8 Å². The largest absolute Gasteiger partial charge is 0.274 e. The van der Waals surface area contributed by atoms with Gasteiger partial charge in [-0.3, -0.25) is 9.63 Å². The lowest BCUT2D eigenvalue weighted by molar-refractivity contribution is -0.138. The Hall–Kier alpha value is -1.44. The first-order chi connectivity index (χ1) is 10.1. The van der Waals surface area contributed by atoms with Crippen LogP contribution in [0.15, 0.2) is 35.2 Å². The topological polar surface area (TPSA) is 75.7 Å². The van der Waals surface area contributed by atoms with Crippen molar-refractivity contribution in [2.75, 3.05) is 13.2 Å². The van der Waals surface area contributed by atoms with Crippen LogP contribution >= 0.6 is 0 Å². The zero-order valence-corrected chi connectivity index (χ0v) is 12.8. The maximum Gasteiger partial charge on any atom is 0.261 e. The third-order valence-electron chi connectivity index (χ3n) is 3.42. The molecule has 0 bridgehead atoms. The number of piperidine rings is 1. The van der Waals surface area contributed by atoms with Gasteiger partial charge in [-0.25, -0.2) is 13.9 Å². The van der Waals surface area contributed by atoms with Gasteiger partial charge < -0.3 is 0 Å². The second-order valence-corrected chi connectivity index (χ2v) is 6.73. The molecule has 6 nitrogen and oxygen atoms in total. The van der Waals surface area contributed by atoms with Gasteiger partial charge in [0.2, 0.25) is 10.0 Å². The Balaban J connectivity index is 2.24. The van der Waals surface area contributed by atoms with Crippen LogP contribution in [0.1, 0.15) is 26.2 Å². The molecule has 1 heterocycles. The van der Waals surface area contributed by atoms with Crippen molar-refractivity contribution in [3.05, 3.63) is 30.3 Å². The number of hydrogen-bond acceptors (Lipinski definition) is 4. The molecule has 0 spiro atoms. The number of sulfonamides is 1. The number of nitrogens with zero attached hydrogens (tertiary/aromatic N) is 1. The van der Waals surface area contributed by atoms with Crippen LogP contribution in [0.25, 0.3) is 0 Å². The fourth-order valence-electron chi connectivity index (χ4n) is 2.39. The first-order valence-corrected chi connectivity index (χ1v) is 8.50. The monoisotopic (exact) mass is 312 g/mol. The summed E-state index contributed by atoms with van der Waals surface area (Å²) in [7, 11) is -3.66. The van der Waals surface area contributed by atoms with Crippen molar-refractivity contribution in [1.82, 2.24) is 9.79 Å². The number of hydrogen-bond donors (Lipinski definition) is 1. The molecular formula is C14H20N2O4S. The quantitative estimate of drug-likeness (QED) is 0.832. The van der Waals surface area contributed by atoms with Crippen LogP contribution in [-0.2, 0) is 19.7 Å². The predicted molar refractivity (Wildman–Crippen MR) is 77.7 cm³/mol. The summed E-state index contributed by atoms with van der Waals surface area (Å²) in [6.07, 6.45) is 2.08. The van der Waals surface area contributed by atoms with Gasteiger partial charge in [0.15, 0.2) is 0 Å². The summed E-state index contributed by atoms with van der Waals surface area (Å²) in [5, 5.41) is 0. The normalized spacial score (nSPS) is 20.1. The maximum atomic E-state index is 12.7. The molecule has 0 radical (unpaired) electrons. The lowest BCUT2D eigenvalue weighted by atomic mass is 10.0. The number of benzene rings is 1. The Morgan fingerprint density at radius 3 is 2.71 bits per heavy atom. The minimum Gasteiger partial charge on any atom is -0.274 e. The molecule has 21 heavy (non-hydrogen) atoms. The number of rotatable bonds is 5. The van der Waals surface area contributed by atoms with E-state index in [0.29, 0.717) is 19.6 Å². The summed E-state index contributed by atoms with van der Waals surface area (Å²) in [5.41, 5.74) is 2.31. The van der Waals surface area contributed by atoms with Crippen molar-refractivity contribution in [3.8, 4) is 0 Å². The average Bonchev–Trinajstić information content (AvgIpc) is 2.53. The van der Waals surface area contributed by atoms with E-state index in [-0.39, 0.29) is 4.90 Å². The van der Waals surface area contributed by atoms with Gasteiger partial charge in [0.05, 0.1) is 11.5 Å². The first kappa shape index (κ1) is 15.9. The van der Waals surface area contributed by atoms with E-state index in [1.807, 2.05) is 0 Å². The molecular weight excluding hydrogens is 292 g/mol. The van der Waals surface area contributed by atoms with E-state index in [1.54, 1.807) is 37.3 Å². The molecule has 1 atom stereocenters. The molecule has 116 valence electrons. The van der Waals surface area contributed by atoms with Gasteiger partial charge in [-0.15, -0.1) is 0 Å². The third kappa shape index (κ3) is 3.61. The number of amides is 1. The van der Waals surface area contributed by atoms with Gasteiger partial charge in [-0.2, -0.15) is 4.31 Å². The smallest absolute Gasteiger partial charge is 0.261 e. The van der Waals surface area contributed by atoms with E-state index in [2.05, 4.69) is 5.48 Å². The van der Waals surface area contributed by atoms with Gasteiger partial charge >= 0.3 is 0 Å². The average molecular weight is 312 g/mol. The molecule has 0 aromatic heterocycles. The molecule has 1 N–H and O–H groups in total. The van der Waals surface area contributed by atoms with E-state index >= 15 is 0 Å². The molecule has 2 rings (SSSR count). The van der Waals surface area contributed by atoms with Crippen LogP contribution in [0.2, 0.25) is 0 Å². The van der Waals surface area contributed by atoms with Crippen molar-refractivity contribution in [3.63, 3.8) is 0 Å². The highest BCUT2D eigenvalue weighted by Gasteiger charge is 2.37. The fourth-order valence-corrected chi connectivity index (χ4v) is 4.07. The van der Waals surface area contributed by atoms with Crippen LogP contribution in [0, 0.1) is 0 Å². The Morgan fingerprint density at radius 2 is 2.05 bits per heavy atom. The van der Waals surface area contributed by atoms with Gasteiger partial charge in [-0.1, -0.05) is 24.6 Å². The fraction of sp³-hybridized carbons (Fsp3) is 0.500. The molecule has 0 unspecified atom stereocenters. The molecule has 1 aliphatic rings. The highest BCUT2D eigenvalue weighted by atomic mass is 32.2. The van der Waals surface area contributed by atoms with E-state index in [9.17, 15) is 13.2 Å². The van der Waals surface area contributed by atoms with Crippen molar-refractivity contribution in [2.24, 2.45) is 0 Å². The lowest BCUT2D eigenvalue weighted by Crippen LogP contribution is -2.51. The molecule has 0 saturated carbocycles. The van der Waals surface area contributed by atoms with Crippen molar-refractivity contribution >= 4 is 15.9 Å². The SMILES string of the molecule is CCONC(=O)[C@@H]1CCCCN1S(=O)(=O)c1ccccc1. The zero-order valence-electron chi connectivity index (χ0n) is 12.0. The molecule has 1 fully saturated rings. The second-order valence-electron chi connectivity index (χ2n) is 4.84. The summed E-state index contributed by atoms with van der Waals surface area (Å²) in [6.45, 7) is 2.44. The van der Waals surface area contributed by atoms with Crippen LogP contribution in [0.4, 0.5) is 0 Å². The third-order valence-corrected chi connectivity index (χ3v) is 5.35. The summed E-state index contributed by atoms with van der Waals surface area (Å²) in [5.74, 6) is -0.406. The molecule has 7 heteroatoms. The van der Waals surface area contributed by atoms with Crippen LogP contribution in [0.5, 0.6) is 0 Å². The molecule has 1 aromatic rings. The van der Waals surface area contributed by atoms with Crippen molar-refractivity contribution in [2.45, 2.75) is 37.1 Å². The van der Waals surface area contributed by atoms with E-state index in [0.717, 1.165) is 12.8 Å². The Morgan fingerprint density at radius 1 is 1.33 bits per heavy atom. The van der Waals surface area contributed by atoms with E-state index < -0.39 is 22.0 Å². The predicted octanol–water partition coefficient (Wildman–Crippen LogP) is 1.30. The molecule has 1 saturated heterocycles. The van der Waals surface area contributed by atoms with Crippen LogP contribution < -0.4 is 5.48 Å². The van der Waals surface area contributed by atoms with Crippen LogP contribution in [0.3, 0.4) is 0 Å². The lowest BCUT2D eigenvalue weighted by Gasteiger charge is -2.33. The van der Waals surface area contributed by atoms with E-state index in [4.69, 9.17) is 4.84 Å². The molecule has 1 aliphatic heterocycles. The molecule has 0 aliphatic carbocycles. The van der Waals surface area contributed by atoms with Gasteiger partial charge in [0, 0.05) is 6.54 Å². The number of nitrogens with one attached hydrogen (secondary N) is 1. The minimum atomic E-state index is -3.66. The Kier molecular flexibility index (Phi) is 5.33. The maximum absolute atomic E-state index is 12.7. The summed E-state index contributed by atoms with van der Waals surface area (Å²) < 4.78 is 26.6. The summed E-state index contributed by atoms with van der Waals surface area (Å²) in [6, 6.07) is 7.48. The summed E-state index contributed by atoms with van der Waals surface area (Å²) in [4.78, 5) is 17.2. The standard InChI is InChI=1S/C14H20N2O4S/c1-2-20-15-14(17)13-10-6-7-11-16(13)21(18,19)12-8-4-3-5-9-12/h3-5,8-9,13H,2,6-7,10-11H2,1H3,(H,15,17)/t13-/m0/s1. The molecule has 1 aromatic carbocycles. The van der Waals surface area contributed by atoms with Crippen molar-refractivity contribution < 1.29 is 18.0 Å². The van der Waals surface area contributed by atoms with Gasteiger partial charge in [0.25, 0.3) is 5.91 Å². The number of carbonyl (C=O) groups is 1.